The molecule has 1 aliphatic rings. The zero-order chi connectivity index (χ0) is 12.8. The van der Waals surface area contributed by atoms with E-state index in [-0.39, 0.29) is 12.0 Å². The van der Waals surface area contributed by atoms with Gasteiger partial charge in [0.1, 0.15) is 6.61 Å². The van der Waals surface area contributed by atoms with E-state index in [2.05, 4.69) is 17.1 Å². The van der Waals surface area contributed by atoms with Gasteiger partial charge < -0.3 is 14.4 Å². The number of hydrogen-bond donors (Lipinski definition) is 1. The predicted molar refractivity (Wildman–Crippen MR) is 66.1 cm³/mol. The maximum absolute atomic E-state index is 10.1. The second kappa shape index (κ2) is 6.85. The molecule has 1 N–H and O–H groups in total. The van der Waals surface area contributed by atoms with Crippen LogP contribution in [0.1, 0.15) is 63.1 Å². The van der Waals surface area contributed by atoms with E-state index in [9.17, 15) is 5.11 Å². The summed E-state index contributed by atoms with van der Waals surface area (Å²) in [5, 5.41) is 14.0. The Bertz CT molecular complexity index is 354. The summed E-state index contributed by atoms with van der Waals surface area (Å²) in [6.45, 7) is 3.15. The molecule has 2 rings (SSSR count). The lowest BCUT2D eigenvalue weighted by atomic mass is 9.97. The standard InChI is InChI=1S/C13H22N2O3/c1-2-8-17-9-12-14-13(18-15-12)10-6-4-3-5-7-11(10)16/h10-11,16H,2-9H2,1H3. The maximum Gasteiger partial charge on any atom is 0.232 e. The molecule has 0 aliphatic heterocycles. The SMILES string of the molecule is CCCOCc1noc(C2CCCCCC2O)n1. The summed E-state index contributed by atoms with van der Waals surface area (Å²) in [6.07, 6.45) is 5.76. The van der Waals surface area contributed by atoms with Gasteiger partial charge >= 0.3 is 0 Å². The Kier molecular flexibility index (Phi) is 5.13. The molecule has 0 amide bonds. The summed E-state index contributed by atoms with van der Waals surface area (Å²) in [7, 11) is 0. The van der Waals surface area contributed by atoms with E-state index in [0.29, 0.717) is 24.9 Å². The van der Waals surface area contributed by atoms with E-state index in [0.717, 1.165) is 32.1 Å². The van der Waals surface area contributed by atoms with Crippen molar-refractivity contribution in [1.29, 1.82) is 0 Å². The topological polar surface area (TPSA) is 68.4 Å². The third-order valence-electron chi connectivity index (χ3n) is 3.36. The molecule has 1 fully saturated rings. The minimum Gasteiger partial charge on any atom is -0.392 e. The highest BCUT2D eigenvalue weighted by Gasteiger charge is 2.28. The molecule has 2 atom stereocenters. The zero-order valence-electron chi connectivity index (χ0n) is 11.0. The largest absolute Gasteiger partial charge is 0.392 e. The van der Waals surface area contributed by atoms with Gasteiger partial charge in [-0.3, -0.25) is 0 Å². The molecule has 5 heteroatoms. The average molecular weight is 254 g/mol. The Morgan fingerprint density at radius 3 is 3.00 bits per heavy atom. The number of nitrogens with zero attached hydrogens (tertiary/aromatic N) is 2. The van der Waals surface area contributed by atoms with E-state index in [4.69, 9.17) is 9.26 Å². The van der Waals surface area contributed by atoms with Crippen LogP contribution in [0, 0.1) is 0 Å². The molecule has 1 saturated carbocycles. The summed E-state index contributed by atoms with van der Waals surface area (Å²) < 4.78 is 10.6. The van der Waals surface area contributed by atoms with E-state index in [1.165, 1.54) is 6.42 Å². The maximum atomic E-state index is 10.1. The third kappa shape index (κ3) is 3.53. The highest BCUT2D eigenvalue weighted by Crippen LogP contribution is 2.30. The van der Waals surface area contributed by atoms with E-state index in [1.54, 1.807) is 0 Å². The van der Waals surface area contributed by atoms with Crippen molar-refractivity contribution in [2.24, 2.45) is 0 Å². The van der Waals surface area contributed by atoms with Crippen LogP contribution in [0.3, 0.4) is 0 Å². The van der Waals surface area contributed by atoms with Crippen LogP contribution in [0.5, 0.6) is 0 Å². The van der Waals surface area contributed by atoms with Gasteiger partial charge in [-0.05, 0) is 19.3 Å². The highest BCUT2D eigenvalue weighted by molar-refractivity contribution is 4.97. The fraction of sp³-hybridized carbons (Fsp3) is 0.846. The number of aromatic nitrogens is 2. The van der Waals surface area contributed by atoms with Gasteiger partial charge in [-0.15, -0.1) is 0 Å². The van der Waals surface area contributed by atoms with Gasteiger partial charge in [0.25, 0.3) is 0 Å². The Balaban J connectivity index is 1.95. The first-order valence-electron chi connectivity index (χ1n) is 6.89. The Morgan fingerprint density at radius 2 is 2.17 bits per heavy atom. The minimum atomic E-state index is -0.350. The van der Waals surface area contributed by atoms with Crippen molar-refractivity contribution in [2.75, 3.05) is 6.61 Å². The molecule has 1 aromatic heterocycles. The van der Waals surface area contributed by atoms with Crippen molar-refractivity contribution in [3.05, 3.63) is 11.7 Å². The fourth-order valence-corrected chi connectivity index (χ4v) is 2.36. The first-order chi connectivity index (χ1) is 8.81. The lowest BCUT2D eigenvalue weighted by molar-refractivity contribution is 0.113. The molecule has 0 spiro atoms. The van der Waals surface area contributed by atoms with Crippen LogP contribution >= 0.6 is 0 Å². The zero-order valence-corrected chi connectivity index (χ0v) is 11.0. The van der Waals surface area contributed by atoms with Crippen molar-refractivity contribution >= 4 is 0 Å². The van der Waals surface area contributed by atoms with Crippen LogP contribution in [0.25, 0.3) is 0 Å². The molecule has 0 radical (unpaired) electrons. The van der Waals surface area contributed by atoms with E-state index in [1.807, 2.05) is 0 Å². The van der Waals surface area contributed by atoms with Gasteiger partial charge in [-0.25, -0.2) is 0 Å². The monoisotopic (exact) mass is 254 g/mol. The molecule has 18 heavy (non-hydrogen) atoms. The number of rotatable bonds is 5. The summed E-state index contributed by atoms with van der Waals surface area (Å²) in [6, 6.07) is 0. The molecular weight excluding hydrogens is 232 g/mol. The second-order valence-corrected chi connectivity index (χ2v) is 4.91. The van der Waals surface area contributed by atoms with Gasteiger partial charge in [0, 0.05) is 6.61 Å². The molecule has 0 aromatic carbocycles. The molecule has 102 valence electrons. The molecular formula is C13H22N2O3. The predicted octanol–water partition coefficient (Wildman–Crippen LogP) is 2.40. The summed E-state index contributed by atoms with van der Waals surface area (Å²) >= 11 is 0. The Morgan fingerprint density at radius 1 is 1.33 bits per heavy atom. The van der Waals surface area contributed by atoms with Crippen LogP contribution < -0.4 is 0 Å². The number of aliphatic hydroxyl groups is 1. The highest BCUT2D eigenvalue weighted by atomic mass is 16.5. The van der Waals surface area contributed by atoms with Crippen LogP contribution in [-0.2, 0) is 11.3 Å². The van der Waals surface area contributed by atoms with Gasteiger partial charge in [0.05, 0.1) is 12.0 Å². The van der Waals surface area contributed by atoms with Crippen LogP contribution in [0.15, 0.2) is 4.52 Å². The van der Waals surface area contributed by atoms with Gasteiger partial charge in [-0.1, -0.05) is 31.3 Å². The Hall–Kier alpha value is -0.940. The molecule has 1 aliphatic carbocycles. The van der Waals surface area contributed by atoms with Crippen molar-refractivity contribution in [1.82, 2.24) is 10.1 Å². The van der Waals surface area contributed by atoms with Gasteiger partial charge in [-0.2, -0.15) is 4.98 Å². The first-order valence-corrected chi connectivity index (χ1v) is 6.89. The number of ether oxygens (including phenoxy) is 1. The first kappa shape index (κ1) is 13.5. The Labute approximate surface area is 108 Å². The van der Waals surface area contributed by atoms with E-state index >= 15 is 0 Å². The molecule has 0 saturated heterocycles. The van der Waals surface area contributed by atoms with Crippen molar-refractivity contribution in [3.63, 3.8) is 0 Å². The summed E-state index contributed by atoms with van der Waals surface area (Å²) in [5.74, 6) is 1.15. The lowest BCUT2D eigenvalue weighted by Crippen LogP contribution is -2.17. The average Bonchev–Trinajstić information content (AvgIpc) is 2.72. The van der Waals surface area contributed by atoms with Crippen molar-refractivity contribution in [3.8, 4) is 0 Å². The fourth-order valence-electron chi connectivity index (χ4n) is 2.36. The lowest BCUT2D eigenvalue weighted by Gasteiger charge is -2.15. The van der Waals surface area contributed by atoms with Crippen LogP contribution in [-0.4, -0.2) is 28.0 Å². The van der Waals surface area contributed by atoms with Gasteiger partial charge in [0.15, 0.2) is 5.82 Å². The van der Waals surface area contributed by atoms with Gasteiger partial charge in [0.2, 0.25) is 5.89 Å². The van der Waals surface area contributed by atoms with Crippen molar-refractivity contribution < 1.29 is 14.4 Å². The quantitative estimate of drug-likeness (QED) is 0.645. The molecule has 0 bridgehead atoms. The molecule has 1 aromatic rings. The molecule has 1 heterocycles. The van der Waals surface area contributed by atoms with E-state index < -0.39 is 0 Å². The third-order valence-corrected chi connectivity index (χ3v) is 3.36. The summed E-state index contributed by atoms with van der Waals surface area (Å²) in [5.41, 5.74) is 0. The minimum absolute atomic E-state index is 0.0000693. The number of aliphatic hydroxyl groups excluding tert-OH is 1. The van der Waals surface area contributed by atoms with Crippen LogP contribution in [0.4, 0.5) is 0 Å². The van der Waals surface area contributed by atoms with Crippen LogP contribution in [0.2, 0.25) is 0 Å². The molecule has 5 nitrogen and oxygen atoms in total. The second-order valence-electron chi connectivity index (χ2n) is 4.91. The molecule has 2 unspecified atom stereocenters. The van der Waals surface area contributed by atoms with Crippen molar-refractivity contribution in [2.45, 2.75) is 64.1 Å². The summed E-state index contributed by atoms with van der Waals surface area (Å²) in [4.78, 5) is 4.34. The smallest absolute Gasteiger partial charge is 0.232 e. The number of hydrogen-bond acceptors (Lipinski definition) is 5. The normalized spacial score (nSPS) is 25.0.